The molecule has 1 aromatic heterocycles. The van der Waals surface area contributed by atoms with Gasteiger partial charge in [-0.05, 0) is 36.6 Å². The SMILES string of the molecule is CSc1ccc(Cl)cc1N(Cc1cc2ccccc2o1)C(=N)N. The van der Waals surface area contributed by atoms with Crippen LogP contribution in [0.5, 0.6) is 0 Å². The van der Waals surface area contributed by atoms with E-state index in [0.717, 1.165) is 27.3 Å². The highest BCUT2D eigenvalue weighted by molar-refractivity contribution is 7.98. The summed E-state index contributed by atoms with van der Waals surface area (Å²) in [5.74, 6) is 0.691. The number of nitrogens with zero attached hydrogens (tertiary/aromatic N) is 1. The van der Waals surface area contributed by atoms with Crippen molar-refractivity contribution in [3.63, 3.8) is 0 Å². The Hall–Kier alpha value is -2.11. The molecule has 0 unspecified atom stereocenters. The first-order valence-electron chi connectivity index (χ1n) is 7.01. The third kappa shape index (κ3) is 3.30. The number of nitrogens with two attached hydrogens (primary N) is 1. The van der Waals surface area contributed by atoms with E-state index < -0.39 is 0 Å². The minimum atomic E-state index is -0.0528. The van der Waals surface area contributed by atoms with Gasteiger partial charge in [-0.1, -0.05) is 29.8 Å². The molecule has 0 amide bonds. The highest BCUT2D eigenvalue weighted by atomic mass is 35.5. The number of fused-ring (bicyclic) bond motifs is 1. The quantitative estimate of drug-likeness (QED) is 0.408. The predicted octanol–water partition coefficient (Wildman–Crippen LogP) is 4.71. The zero-order valence-corrected chi connectivity index (χ0v) is 14.1. The van der Waals surface area contributed by atoms with Crippen molar-refractivity contribution in [2.45, 2.75) is 11.4 Å². The Morgan fingerprint density at radius 1 is 1.26 bits per heavy atom. The van der Waals surface area contributed by atoms with Crippen LogP contribution in [0.4, 0.5) is 5.69 Å². The van der Waals surface area contributed by atoms with E-state index in [1.54, 1.807) is 16.7 Å². The molecule has 0 bridgehead atoms. The van der Waals surface area contributed by atoms with Gasteiger partial charge in [-0.15, -0.1) is 11.8 Å². The van der Waals surface area contributed by atoms with E-state index in [1.165, 1.54) is 0 Å². The van der Waals surface area contributed by atoms with Crippen LogP contribution in [-0.4, -0.2) is 12.2 Å². The molecular weight excluding hydrogens is 330 g/mol. The van der Waals surface area contributed by atoms with E-state index >= 15 is 0 Å². The topological polar surface area (TPSA) is 66.2 Å². The number of anilines is 1. The van der Waals surface area contributed by atoms with Gasteiger partial charge in [0.15, 0.2) is 5.96 Å². The summed E-state index contributed by atoms with van der Waals surface area (Å²) in [6.45, 7) is 0.373. The molecule has 1 heterocycles. The number of hydrogen-bond donors (Lipinski definition) is 2. The van der Waals surface area contributed by atoms with Crippen LogP contribution in [0.15, 0.2) is 57.8 Å². The lowest BCUT2D eigenvalue weighted by Gasteiger charge is -2.24. The summed E-state index contributed by atoms with van der Waals surface area (Å²) < 4.78 is 5.84. The van der Waals surface area contributed by atoms with Crippen molar-refractivity contribution >= 4 is 46.0 Å². The summed E-state index contributed by atoms with van der Waals surface area (Å²) in [4.78, 5) is 2.69. The molecule has 3 rings (SSSR count). The van der Waals surface area contributed by atoms with E-state index in [-0.39, 0.29) is 5.96 Å². The summed E-state index contributed by atoms with van der Waals surface area (Å²) >= 11 is 7.70. The first-order chi connectivity index (χ1) is 11.1. The number of para-hydroxylation sites is 1. The fraction of sp³-hybridized carbons (Fsp3) is 0.118. The van der Waals surface area contributed by atoms with Crippen molar-refractivity contribution < 1.29 is 4.42 Å². The molecule has 2 aromatic carbocycles. The average Bonchev–Trinajstić information content (AvgIpc) is 2.95. The molecule has 0 aliphatic rings. The fourth-order valence-corrected chi connectivity index (χ4v) is 3.19. The lowest BCUT2D eigenvalue weighted by atomic mass is 10.2. The Labute approximate surface area is 143 Å². The Morgan fingerprint density at radius 3 is 2.74 bits per heavy atom. The number of benzene rings is 2. The summed E-state index contributed by atoms with van der Waals surface area (Å²) in [5, 5.41) is 9.56. The monoisotopic (exact) mass is 345 g/mol. The normalized spacial score (nSPS) is 10.9. The second-order valence-corrected chi connectivity index (χ2v) is 6.32. The first-order valence-corrected chi connectivity index (χ1v) is 8.61. The van der Waals surface area contributed by atoms with Crippen molar-refractivity contribution in [2.24, 2.45) is 5.73 Å². The second-order valence-electron chi connectivity index (χ2n) is 5.04. The summed E-state index contributed by atoms with van der Waals surface area (Å²) in [6, 6.07) is 15.4. The van der Waals surface area contributed by atoms with Gasteiger partial charge in [0.25, 0.3) is 0 Å². The van der Waals surface area contributed by atoms with Crippen LogP contribution in [-0.2, 0) is 6.54 Å². The summed E-state index contributed by atoms with van der Waals surface area (Å²) in [6.07, 6.45) is 1.98. The van der Waals surface area contributed by atoms with Gasteiger partial charge in [-0.2, -0.15) is 0 Å². The predicted molar refractivity (Wildman–Crippen MR) is 97.5 cm³/mol. The Kier molecular flexibility index (Phi) is 4.50. The van der Waals surface area contributed by atoms with Gasteiger partial charge >= 0.3 is 0 Å². The average molecular weight is 346 g/mol. The van der Waals surface area contributed by atoms with Crippen LogP contribution in [0, 0.1) is 5.41 Å². The van der Waals surface area contributed by atoms with Crippen molar-refractivity contribution in [1.82, 2.24) is 0 Å². The van der Waals surface area contributed by atoms with E-state index in [9.17, 15) is 0 Å². The zero-order chi connectivity index (χ0) is 16.4. The van der Waals surface area contributed by atoms with Gasteiger partial charge in [-0.25, -0.2) is 0 Å². The number of rotatable bonds is 4. The highest BCUT2D eigenvalue weighted by Gasteiger charge is 2.17. The standard InChI is InChI=1S/C17H16ClN3OS/c1-23-16-7-6-12(18)9-14(16)21(17(19)20)10-13-8-11-4-2-3-5-15(11)22-13/h2-9H,10H2,1H3,(H3,19,20). The fourth-order valence-electron chi connectivity index (χ4n) is 2.44. The van der Waals surface area contributed by atoms with Gasteiger partial charge < -0.3 is 15.1 Å². The molecule has 4 nitrogen and oxygen atoms in total. The molecule has 0 radical (unpaired) electrons. The molecule has 0 saturated carbocycles. The number of furan rings is 1. The molecule has 6 heteroatoms. The molecule has 0 atom stereocenters. The Balaban J connectivity index is 1.99. The molecule has 0 aliphatic heterocycles. The van der Waals surface area contributed by atoms with Crippen molar-refractivity contribution in [3.8, 4) is 0 Å². The van der Waals surface area contributed by atoms with Crippen LogP contribution in [0.25, 0.3) is 11.0 Å². The van der Waals surface area contributed by atoms with Gasteiger partial charge in [0, 0.05) is 15.3 Å². The van der Waals surface area contributed by atoms with Crippen LogP contribution in [0.1, 0.15) is 5.76 Å². The summed E-state index contributed by atoms with van der Waals surface area (Å²) in [5.41, 5.74) is 7.42. The van der Waals surface area contributed by atoms with E-state index in [4.69, 9.17) is 27.2 Å². The van der Waals surface area contributed by atoms with Gasteiger partial charge in [0.2, 0.25) is 0 Å². The van der Waals surface area contributed by atoms with Crippen molar-refractivity contribution in [1.29, 1.82) is 5.41 Å². The third-order valence-corrected chi connectivity index (χ3v) is 4.53. The number of halogens is 1. The minimum Gasteiger partial charge on any atom is -0.459 e. The third-order valence-electron chi connectivity index (χ3n) is 3.51. The molecule has 0 spiro atoms. The minimum absolute atomic E-state index is 0.0528. The lowest BCUT2D eigenvalue weighted by molar-refractivity contribution is 0.550. The maximum atomic E-state index is 7.92. The van der Waals surface area contributed by atoms with Gasteiger partial charge in [0.1, 0.15) is 11.3 Å². The Morgan fingerprint density at radius 2 is 2.04 bits per heavy atom. The second kappa shape index (κ2) is 6.56. The largest absolute Gasteiger partial charge is 0.459 e. The molecule has 0 saturated heterocycles. The molecule has 3 aromatic rings. The first kappa shape index (κ1) is 15.8. The van der Waals surface area contributed by atoms with E-state index in [0.29, 0.717) is 11.6 Å². The van der Waals surface area contributed by atoms with Crippen LogP contribution in [0.3, 0.4) is 0 Å². The molecule has 0 fully saturated rings. The van der Waals surface area contributed by atoms with Crippen LogP contribution < -0.4 is 10.6 Å². The van der Waals surface area contributed by atoms with Gasteiger partial charge in [-0.3, -0.25) is 5.41 Å². The highest BCUT2D eigenvalue weighted by Crippen LogP contribution is 2.33. The number of hydrogen-bond acceptors (Lipinski definition) is 3. The molecule has 118 valence electrons. The zero-order valence-electron chi connectivity index (χ0n) is 12.5. The van der Waals surface area contributed by atoms with E-state index in [2.05, 4.69) is 0 Å². The van der Waals surface area contributed by atoms with Crippen LogP contribution in [0.2, 0.25) is 5.02 Å². The maximum Gasteiger partial charge on any atom is 0.193 e. The molecular formula is C17H16ClN3OS. The number of guanidine groups is 1. The summed E-state index contributed by atoms with van der Waals surface area (Å²) in [7, 11) is 0. The smallest absolute Gasteiger partial charge is 0.193 e. The maximum absolute atomic E-state index is 7.92. The van der Waals surface area contributed by atoms with E-state index in [1.807, 2.05) is 54.8 Å². The molecule has 0 aliphatic carbocycles. The lowest BCUT2D eigenvalue weighted by Crippen LogP contribution is -2.36. The van der Waals surface area contributed by atoms with Crippen molar-refractivity contribution in [3.05, 3.63) is 59.3 Å². The van der Waals surface area contributed by atoms with Crippen LogP contribution >= 0.6 is 23.4 Å². The van der Waals surface area contributed by atoms with Gasteiger partial charge in [0.05, 0.1) is 12.2 Å². The molecule has 23 heavy (non-hydrogen) atoms. The number of thioether (sulfide) groups is 1. The van der Waals surface area contributed by atoms with Crippen molar-refractivity contribution in [2.75, 3.05) is 11.2 Å². The Bertz CT molecular complexity index is 829. The number of nitrogens with one attached hydrogen (secondary N) is 1. The molecule has 3 N–H and O–H groups in total.